The quantitative estimate of drug-likeness (QED) is 0.939. The normalized spacial score (nSPS) is 15.4. The Morgan fingerprint density at radius 1 is 1.17 bits per heavy atom. The zero-order valence-electron chi connectivity index (χ0n) is 12.7. The number of nitrogen functional groups attached to an aromatic ring is 1. The molecule has 2 N–H and O–H groups in total. The zero-order valence-corrected chi connectivity index (χ0v) is 12.7. The number of benzene rings is 1. The van der Waals surface area contributed by atoms with Crippen LogP contribution in [0.2, 0.25) is 0 Å². The summed E-state index contributed by atoms with van der Waals surface area (Å²) in [5, 5.41) is 8.87. The van der Waals surface area contributed by atoms with Crippen LogP contribution in [0.5, 0.6) is 0 Å². The van der Waals surface area contributed by atoms with Gasteiger partial charge in [-0.05, 0) is 23.8 Å². The van der Waals surface area contributed by atoms with Gasteiger partial charge in [-0.25, -0.2) is 9.37 Å². The summed E-state index contributed by atoms with van der Waals surface area (Å²) in [5.74, 6) is 0.534. The van der Waals surface area contributed by atoms with Gasteiger partial charge < -0.3 is 10.6 Å². The van der Waals surface area contributed by atoms with Crippen molar-refractivity contribution in [2.45, 2.75) is 6.54 Å². The van der Waals surface area contributed by atoms with E-state index in [0.29, 0.717) is 11.3 Å². The van der Waals surface area contributed by atoms with Gasteiger partial charge >= 0.3 is 0 Å². The van der Waals surface area contributed by atoms with E-state index in [4.69, 9.17) is 11.0 Å². The van der Waals surface area contributed by atoms with Crippen LogP contribution in [-0.4, -0.2) is 36.1 Å². The van der Waals surface area contributed by atoms with Crippen LogP contribution in [0.15, 0.2) is 36.5 Å². The molecule has 3 rings (SSSR count). The minimum absolute atomic E-state index is 0.207. The number of hydrogen-bond acceptors (Lipinski definition) is 5. The Morgan fingerprint density at radius 2 is 1.87 bits per heavy atom. The van der Waals surface area contributed by atoms with E-state index in [1.165, 1.54) is 12.1 Å². The molecule has 0 bridgehead atoms. The lowest BCUT2D eigenvalue weighted by Crippen LogP contribution is -2.46. The fourth-order valence-electron chi connectivity index (χ4n) is 2.77. The zero-order chi connectivity index (χ0) is 16.2. The highest BCUT2D eigenvalue weighted by Gasteiger charge is 2.20. The maximum absolute atomic E-state index is 12.9. The predicted molar refractivity (Wildman–Crippen MR) is 87.3 cm³/mol. The van der Waals surface area contributed by atoms with Crippen LogP contribution < -0.4 is 10.6 Å². The average Bonchev–Trinajstić information content (AvgIpc) is 2.58. The largest absolute Gasteiger partial charge is 0.396 e. The molecule has 1 aromatic carbocycles. The molecule has 0 atom stereocenters. The Bertz CT molecular complexity index is 715. The van der Waals surface area contributed by atoms with Crippen LogP contribution in [0, 0.1) is 17.1 Å². The second kappa shape index (κ2) is 6.63. The summed E-state index contributed by atoms with van der Waals surface area (Å²) < 4.78 is 12.9. The lowest BCUT2D eigenvalue weighted by atomic mass is 10.2. The molecule has 0 unspecified atom stereocenters. The van der Waals surface area contributed by atoms with Crippen molar-refractivity contribution in [3.63, 3.8) is 0 Å². The number of piperazine rings is 1. The van der Waals surface area contributed by atoms with Gasteiger partial charge in [0.15, 0.2) is 5.82 Å². The number of pyridine rings is 1. The van der Waals surface area contributed by atoms with Gasteiger partial charge in [0, 0.05) is 38.9 Å². The summed E-state index contributed by atoms with van der Waals surface area (Å²) in [6.07, 6.45) is 1.55. The summed E-state index contributed by atoms with van der Waals surface area (Å²) in [6, 6.07) is 10.3. The van der Waals surface area contributed by atoms with Crippen molar-refractivity contribution in [1.29, 1.82) is 5.26 Å². The van der Waals surface area contributed by atoms with Crippen molar-refractivity contribution >= 4 is 11.5 Å². The number of rotatable bonds is 3. The van der Waals surface area contributed by atoms with E-state index in [1.54, 1.807) is 12.3 Å². The maximum atomic E-state index is 12.9. The fourth-order valence-corrected chi connectivity index (χ4v) is 2.77. The minimum Gasteiger partial charge on any atom is -0.396 e. The first-order valence-corrected chi connectivity index (χ1v) is 7.53. The summed E-state index contributed by atoms with van der Waals surface area (Å²) in [4.78, 5) is 8.77. The van der Waals surface area contributed by atoms with Gasteiger partial charge in [-0.15, -0.1) is 0 Å². The summed E-state index contributed by atoms with van der Waals surface area (Å²) >= 11 is 0. The molecule has 6 heteroatoms. The summed E-state index contributed by atoms with van der Waals surface area (Å²) in [6.45, 7) is 4.23. The molecule has 1 saturated heterocycles. The van der Waals surface area contributed by atoms with Crippen LogP contribution in [0.25, 0.3) is 0 Å². The molecule has 118 valence electrons. The molecule has 1 aliphatic heterocycles. The first-order valence-electron chi connectivity index (χ1n) is 7.53. The highest BCUT2D eigenvalue weighted by Crippen LogP contribution is 2.22. The van der Waals surface area contributed by atoms with Crippen molar-refractivity contribution in [3.8, 4) is 6.07 Å². The van der Waals surface area contributed by atoms with E-state index in [9.17, 15) is 4.39 Å². The number of nitrogens with two attached hydrogens (primary N) is 1. The van der Waals surface area contributed by atoms with Crippen molar-refractivity contribution in [3.05, 3.63) is 53.5 Å². The summed E-state index contributed by atoms with van der Waals surface area (Å²) in [5.41, 5.74) is 8.11. The van der Waals surface area contributed by atoms with Gasteiger partial charge in [-0.3, -0.25) is 4.90 Å². The summed E-state index contributed by atoms with van der Waals surface area (Å²) in [7, 11) is 0. The van der Waals surface area contributed by atoms with E-state index < -0.39 is 0 Å². The van der Waals surface area contributed by atoms with Gasteiger partial charge in [0.2, 0.25) is 0 Å². The standard InChI is InChI=1S/C17H18FN5/c18-15-3-1-13(2-4-15)12-22-5-7-23(8-6-22)17-16(20)9-14(10-19)11-21-17/h1-4,9,11H,5-8,12,20H2. The monoisotopic (exact) mass is 311 g/mol. The molecule has 1 aliphatic rings. The SMILES string of the molecule is N#Cc1cnc(N2CCN(Cc3ccc(F)cc3)CC2)c(N)c1. The van der Waals surface area contributed by atoms with Gasteiger partial charge in [-0.1, -0.05) is 12.1 Å². The third kappa shape index (κ3) is 3.58. The van der Waals surface area contributed by atoms with E-state index in [-0.39, 0.29) is 5.82 Å². The number of nitriles is 1. The smallest absolute Gasteiger partial charge is 0.151 e. The van der Waals surface area contributed by atoms with Crippen LogP contribution in [0.3, 0.4) is 0 Å². The van der Waals surface area contributed by atoms with E-state index in [1.807, 2.05) is 18.2 Å². The molecule has 0 radical (unpaired) electrons. The van der Waals surface area contributed by atoms with Gasteiger partial charge in [0.1, 0.15) is 11.9 Å². The van der Waals surface area contributed by atoms with Crippen molar-refractivity contribution in [1.82, 2.24) is 9.88 Å². The Morgan fingerprint density at radius 3 is 2.48 bits per heavy atom. The molecule has 1 fully saturated rings. The van der Waals surface area contributed by atoms with E-state index in [2.05, 4.69) is 14.8 Å². The Hall–Kier alpha value is -2.65. The molecule has 1 aromatic heterocycles. The number of halogens is 1. The first kappa shape index (κ1) is 15.3. The highest BCUT2D eigenvalue weighted by atomic mass is 19.1. The first-order chi connectivity index (χ1) is 11.2. The molecular formula is C17H18FN5. The number of hydrogen-bond donors (Lipinski definition) is 1. The van der Waals surface area contributed by atoms with Crippen molar-refractivity contribution in [2.24, 2.45) is 0 Å². The van der Waals surface area contributed by atoms with Crippen molar-refractivity contribution < 1.29 is 4.39 Å². The molecule has 0 spiro atoms. The number of anilines is 2. The lowest BCUT2D eigenvalue weighted by Gasteiger charge is -2.35. The molecule has 0 saturated carbocycles. The van der Waals surface area contributed by atoms with Crippen molar-refractivity contribution in [2.75, 3.05) is 36.8 Å². The molecule has 2 aromatic rings. The van der Waals surface area contributed by atoms with Crippen LogP contribution in [-0.2, 0) is 6.54 Å². The molecular weight excluding hydrogens is 293 g/mol. The minimum atomic E-state index is -0.207. The molecule has 23 heavy (non-hydrogen) atoms. The lowest BCUT2D eigenvalue weighted by molar-refractivity contribution is 0.249. The second-order valence-corrected chi connectivity index (χ2v) is 5.64. The van der Waals surface area contributed by atoms with Gasteiger partial charge in [0.25, 0.3) is 0 Å². The average molecular weight is 311 g/mol. The predicted octanol–water partition coefficient (Wildman–Crippen LogP) is 2.00. The third-order valence-corrected chi connectivity index (χ3v) is 4.02. The Balaban J connectivity index is 1.60. The topological polar surface area (TPSA) is 69.2 Å². The van der Waals surface area contributed by atoms with Gasteiger partial charge in [-0.2, -0.15) is 5.26 Å². The molecule has 2 heterocycles. The molecule has 0 aliphatic carbocycles. The van der Waals surface area contributed by atoms with Crippen LogP contribution >= 0.6 is 0 Å². The number of aromatic nitrogens is 1. The number of nitrogens with zero attached hydrogens (tertiary/aromatic N) is 4. The Labute approximate surface area is 134 Å². The van der Waals surface area contributed by atoms with E-state index >= 15 is 0 Å². The van der Waals surface area contributed by atoms with E-state index in [0.717, 1.165) is 44.1 Å². The van der Waals surface area contributed by atoms with Crippen LogP contribution in [0.1, 0.15) is 11.1 Å². The van der Waals surface area contributed by atoms with Crippen LogP contribution in [0.4, 0.5) is 15.9 Å². The maximum Gasteiger partial charge on any atom is 0.151 e. The molecule has 5 nitrogen and oxygen atoms in total. The highest BCUT2D eigenvalue weighted by molar-refractivity contribution is 5.64. The third-order valence-electron chi connectivity index (χ3n) is 4.02. The Kier molecular flexibility index (Phi) is 4.40. The molecule has 0 amide bonds. The second-order valence-electron chi connectivity index (χ2n) is 5.64. The van der Waals surface area contributed by atoms with Gasteiger partial charge in [0.05, 0.1) is 11.3 Å². The fraction of sp³-hybridized carbons (Fsp3) is 0.294.